The first-order chi connectivity index (χ1) is 12.6. The first kappa shape index (κ1) is 17.4. The van der Waals surface area contributed by atoms with Crippen LogP contribution in [0.5, 0.6) is 11.5 Å². The van der Waals surface area contributed by atoms with Crippen molar-refractivity contribution in [2.75, 3.05) is 12.4 Å². The van der Waals surface area contributed by atoms with Gasteiger partial charge >= 0.3 is 0 Å². The summed E-state index contributed by atoms with van der Waals surface area (Å²) in [5.74, 6) is 1.34. The van der Waals surface area contributed by atoms with E-state index in [1.165, 1.54) is 7.11 Å². The number of nitrogens with one attached hydrogen (secondary N) is 2. The smallest absolute Gasteiger partial charge is 0.258 e. The molecule has 0 aliphatic rings. The predicted molar refractivity (Wildman–Crippen MR) is 96.3 cm³/mol. The number of hydrogen-bond acceptors (Lipinski definition) is 6. The third-order valence-electron chi connectivity index (χ3n) is 3.41. The number of nitrogens with zero attached hydrogens (tertiary/aromatic N) is 3. The molecule has 0 radical (unpaired) electrons. The van der Waals surface area contributed by atoms with E-state index in [1.54, 1.807) is 30.5 Å². The topological polar surface area (TPSA) is 102 Å². The summed E-state index contributed by atoms with van der Waals surface area (Å²) in [7, 11) is 1.53. The van der Waals surface area contributed by atoms with Crippen LogP contribution in [0.25, 0.3) is 11.5 Å². The molecule has 3 rings (SSSR count). The molecule has 0 unspecified atom stereocenters. The Bertz CT molecular complexity index is 893. The molecule has 2 heterocycles. The van der Waals surface area contributed by atoms with Crippen molar-refractivity contribution in [2.24, 2.45) is 0 Å². The molecule has 8 heteroatoms. The molecule has 0 spiro atoms. The van der Waals surface area contributed by atoms with E-state index in [0.717, 1.165) is 0 Å². The fourth-order valence-electron chi connectivity index (χ4n) is 2.27. The van der Waals surface area contributed by atoms with Gasteiger partial charge in [-0.25, -0.2) is 0 Å². The van der Waals surface area contributed by atoms with Crippen LogP contribution in [-0.4, -0.2) is 39.3 Å². The molecule has 0 saturated carbocycles. The van der Waals surface area contributed by atoms with Crippen LogP contribution in [0.1, 0.15) is 24.2 Å². The maximum absolute atomic E-state index is 12.4. The Morgan fingerprint density at radius 3 is 2.73 bits per heavy atom. The van der Waals surface area contributed by atoms with E-state index < -0.39 is 0 Å². The van der Waals surface area contributed by atoms with Crippen molar-refractivity contribution >= 4 is 11.9 Å². The van der Waals surface area contributed by atoms with Crippen LogP contribution in [0.3, 0.4) is 0 Å². The van der Waals surface area contributed by atoms with Gasteiger partial charge in [0.2, 0.25) is 5.95 Å². The van der Waals surface area contributed by atoms with Crippen LogP contribution in [0.2, 0.25) is 0 Å². The molecule has 1 amide bonds. The van der Waals surface area contributed by atoms with E-state index in [4.69, 9.17) is 9.47 Å². The molecule has 26 heavy (non-hydrogen) atoms. The van der Waals surface area contributed by atoms with Crippen molar-refractivity contribution in [2.45, 2.75) is 20.0 Å². The molecule has 0 aliphatic carbocycles. The standard InChI is InChI=1S/C18H19N5O3/c1-11(2)26-14-8-7-12(10-15(14)25-3)17(24)21-18-20-16(22-23-18)13-6-4-5-9-19-13/h4-11H,1-3H3,(H2,20,21,22,23,24). The van der Waals surface area contributed by atoms with Crippen molar-refractivity contribution in [1.29, 1.82) is 0 Å². The van der Waals surface area contributed by atoms with Crippen molar-refractivity contribution in [1.82, 2.24) is 20.2 Å². The van der Waals surface area contributed by atoms with Crippen molar-refractivity contribution in [3.8, 4) is 23.0 Å². The fraction of sp³-hybridized carbons (Fsp3) is 0.222. The minimum Gasteiger partial charge on any atom is -0.493 e. The number of hydrogen-bond donors (Lipinski definition) is 2. The Hall–Kier alpha value is -3.42. The number of carbonyl (C=O) groups excluding carboxylic acids is 1. The molecule has 0 saturated heterocycles. The van der Waals surface area contributed by atoms with Crippen LogP contribution >= 0.6 is 0 Å². The van der Waals surface area contributed by atoms with E-state index in [-0.39, 0.29) is 18.0 Å². The summed E-state index contributed by atoms with van der Waals surface area (Å²) in [5, 5.41) is 9.39. The van der Waals surface area contributed by atoms with Gasteiger partial charge in [0.25, 0.3) is 5.91 Å². The molecule has 3 aromatic rings. The number of methoxy groups -OCH3 is 1. The number of pyridine rings is 1. The Balaban J connectivity index is 1.75. The SMILES string of the molecule is COc1cc(C(=O)Nc2n[nH]c(-c3ccccn3)n2)ccc1OC(C)C. The zero-order valence-electron chi connectivity index (χ0n) is 14.7. The number of H-pyrrole nitrogens is 1. The average molecular weight is 353 g/mol. The third-order valence-corrected chi connectivity index (χ3v) is 3.41. The average Bonchev–Trinajstić information content (AvgIpc) is 3.10. The second-order valence-electron chi connectivity index (χ2n) is 5.71. The van der Waals surface area contributed by atoms with E-state index in [9.17, 15) is 4.79 Å². The quantitative estimate of drug-likeness (QED) is 0.706. The van der Waals surface area contributed by atoms with E-state index in [1.807, 2.05) is 26.0 Å². The maximum atomic E-state index is 12.4. The second-order valence-corrected chi connectivity index (χ2v) is 5.71. The number of aromatic nitrogens is 4. The highest BCUT2D eigenvalue weighted by atomic mass is 16.5. The lowest BCUT2D eigenvalue weighted by atomic mass is 10.2. The molecule has 0 fully saturated rings. The van der Waals surface area contributed by atoms with Crippen LogP contribution < -0.4 is 14.8 Å². The van der Waals surface area contributed by atoms with Gasteiger partial charge in [0.05, 0.1) is 13.2 Å². The van der Waals surface area contributed by atoms with Crippen molar-refractivity contribution < 1.29 is 14.3 Å². The molecule has 0 bridgehead atoms. The number of aromatic amines is 1. The number of anilines is 1. The van der Waals surface area contributed by atoms with Crippen LogP contribution in [0, 0.1) is 0 Å². The number of benzene rings is 1. The summed E-state index contributed by atoms with van der Waals surface area (Å²) >= 11 is 0. The van der Waals surface area contributed by atoms with Gasteiger partial charge in [0.1, 0.15) is 5.69 Å². The molecule has 0 atom stereocenters. The first-order valence-corrected chi connectivity index (χ1v) is 8.06. The highest BCUT2D eigenvalue weighted by Gasteiger charge is 2.14. The fourth-order valence-corrected chi connectivity index (χ4v) is 2.27. The Kier molecular flexibility index (Phi) is 5.12. The molecule has 2 aromatic heterocycles. The lowest BCUT2D eigenvalue weighted by molar-refractivity contribution is 0.102. The van der Waals surface area contributed by atoms with Gasteiger partial charge < -0.3 is 9.47 Å². The summed E-state index contributed by atoms with van der Waals surface area (Å²) in [6.07, 6.45) is 1.66. The zero-order chi connectivity index (χ0) is 18.5. The molecular weight excluding hydrogens is 334 g/mol. The summed E-state index contributed by atoms with van der Waals surface area (Å²) in [5.41, 5.74) is 1.04. The van der Waals surface area contributed by atoms with Crippen molar-refractivity contribution in [3.05, 3.63) is 48.2 Å². The Morgan fingerprint density at radius 1 is 1.19 bits per heavy atom. The van der Waals surface area contributed by atoms with Crippen LogP contribution in [-0.2, 0) is 0 Å². The first-order valence-electron chi connectivity index (χ1n) is 8.06. The maximum Gasteiger partial charge on any atom is 0.258 e. The monoisotopic (exact) mass is 353 g/mol. The number of carbonyl (C=O) groups is 1. The van der Waals surface area contributed by atoms with Crippen molar-refractivity contribution in [3.63, 3.8) is 0 Å². The van der Waals surface area contributed by atoms with Gasteiger partial charge in [-0.3, -0.25) is 20.2 Å². The van der Waals surface area contributed by atoms with Gasteiger partial charge in [-0.05, 0) is 44.2 Å². The summed E-state index contributed by atoms with van der Waals surface area (Å²) in [4.78, 5) is 20.9. The minimum atomic E-state index is -0.356. The normalized spacial score (nSPS) is 10.6. The molecule has 1 aromatic carbocycles. The van der Waals surface area contributed by atoms with Gasteiger partial charge in [-0.15, -0.1) is 5.10 Å². The highest BCUT2D eigenvalue weighted by Crippen LogP contribution is 2.29. The largest absolute Gasteiger partial charge is 0.493 e. The molecule has 0 aliphatic heterocycles. The third kappa shape index (κ3) is 3.97. The predicted octanol–water partition coefficient (Wildman–Crippen LogP) is 2.91. The molecule has 2 N–H and O–H groups in total. The van der Waals surface area contributed by atoms with Gasteiger partial charge in [-0.1, -0.05) is 6.07 Å². The van der Waals surface area contributed by atoms with Gasteiger partial charge in [0.15, 0.2) is 17.3 Å². The molecule has 134 valence electrons. The lowest BCUT2D eigenvalue weighted by Crippen LogP contribution is -2.14. The van der Waals surface area contributed by atoms with Crippen LogP contribution in [0.15, 0.2) is 42.6 Å². The Morgan fingerprint density at radius 2 is 2.04 bits per heavy atom. The minimum absolute atomic E-state index is 0.00171. The summed E-state index contributed by atoms with van der Waals surface area (Å²) in [6, 6.07) is 10.4. The molecular formula is C18H19N5O3. The van der Waals surface area contributed by atoms with E-state index in [0.29, 0.717) is 28.6 Å². The number of ether oxygens (including phenoxy) is 2. The summed E-state index contributed by atoms with van der Waals surface area (Å²) < 4.78 is 10.9. The zero-order valence-corrected chi connectivity index (χ0v) is 14.7. The van der Waals surface area contributed by atoms with Gasteiger partial charge in [-0.2, -0.15) is 4.98 Å². The van der Waals surface area contributed by atoms with E-state index >= 15 is 0 Å². The Labute approximate surface area is 150 Å². The van der Waals surface area contributed by atoms with E-state index in [2.05, 4.69) is 25.5 Å². The highest BCUT2D eigenvalue weighted by molar-refractivity contribution is 6.03. The number of amides is 1. The lowest BCUT2D eigenvalue weighted by Gasteiger charge is -2.14. The second kappa shape index (κ2) is 7.64. The van der Waals surface area contributed by atoms with Crippen LogP contribution in [0.4, 0.5) is 5.95 Å². The van der Waals surface area contributed by atoms with Gasteiger partial charge in [0, 0.05) is 11.8 Å². The molecule has 8 nitrogen and oxygen atoms in total. The number of rotatable bonds is 6. The summed E-state index contributed by atoms with van der Waals surface area (Å²) in [6.45, 7) is 3.84.